The van der Waals surface area contributed by atoms with E-state index in [1.165, 1.54) is 0 Å². The molecular formula is C16H22N2O2. The van der Waals surface area contributed by atoms with Gasteiger partial charge < -0.3 is 10.2 Å². The number of hydrogen-bond donors (Lipinski definition) is 1. The van der Waals surface area contributed by atoms with Gasteiger partial charge in [-0.05, 0) is 38.3 Å². The van der Waals surface area contributed by atoms with Crippen molar-refractivity contribution in [1.29, 1.82) is 0 Å². The predicted octanol–water partition coefficient (Wildman–Crippen LogP) is 1.99. The molecule has 1 aliphatic heterocycles. The normalized spacial score (nSPS) is 14.9. The van der Waals surface area contributed by atoms with Crippen molar-refractivity contribution < 1.29 is 9.59 Å². The number of amides is 2. The maximum atomic E-state index is 12.3. The molecule has 0 atom stereocenters. The molecule has 20 heavy (non-hydrogen) atoms. The average molecular weight is 274 g/mol. The van der Waals surface area contributed by atoms with Gasteiger partial charge in [-0.3, -0.25) is 9.59 Å². The molecule has 0 saturated carbocycles. The second kappa shape index (κ2) is 5.65. The van der Waals surface area contributed by atoms with Gasteiger partial charge in [-0.25, -0.2) is 0 Å². The highest BCUT2D eigenvalue weighted by Crippen LogP contribution is 2.18. The lowest BCUT2D eigenvalue weighted by atomic mass is 9.99. The number of nitrogens with one attached hydrogen (secondary N) is 1. The van der Waals surface area contributed by atoms with E-state index < -0.39 is 0 Å². The summed E-state index contributed by atoms with van der Waals surface area (Å²) in [5.74, 6) is -0.138. The largest absolute Gasteiger partial charge is 0.350 e. The molecule has 1 N–H and O–H groups in total. The van der Waals surface area contributed by atoms with Crippen LogP contribution in [0.1, 0.15) is 43.1 Å². The molecular weight excluding hydrogens is 252 g/mol. The average Bonchev–Trinajstić information content (AvgIpc) is 2.42. The minimum Gasteiger partial charge on any atom is -0.350 e. The van der Waals surface area contributed by atoms with Crippen LogP contribution in [0, 0.1) is 0 Å². The van der Waals surface area contributed by atoms with E-state index in [9.17, 15) is 9.59 Å². The van der Waals surface area contributed by atoms with Crippen LogP contribution < -0.4 is 5.32 Å². The lowest BCUT2D eigenvalue weighted by Crippen LogP contribution is -2.49. The third-order valence-electron chi connectivity index (χ3n) is 3.88. The van der Waals surface area contributed by atoms with Crippen LogP contribution in [0.15, 0.2) is 24.3 Å². The van der Waals surface area contributed by atoms with Crippen LogP contribution >= 0.6 is 0 Å². The van der Waals surface area contributed by atoms with Gasteiger partial charge in [0.1, 0.15) is 0 Å². The Kier molecular flexibility index (Phi) is 4.12. The number of benzene rings is 1. The molecule has 1 aromatic rings. The fraction of sp³-hybridized carbons (Fsp3) is 0.500. The summed E-state index contributed by atoms with van der Waals surface area (Å²) in [6.45, 7) is 6.74. The van der Waals surface area contributed by atoms with Crippen molar-refractivity contribution >= 4 is 11.8 Å². The summed E-state index contributed by atoms with van der Waals surface area (Å²) in [5, 5.41) is 2.96. The fourth-order valence-electron chi connectivity index (χ4n) is 2.30. The summed E-state index contributed by atoms with van der Waals surface area (Å²) in [5.41, 5.74) is 1.57. The second-order valence-corrected chi connectivity index (χ2v) is 5.92. The Morgan fingerprint density at radius 1 is 1.35 bits per heavy atom. The maximum absolute atomic E-state index is 12.3. The summed E-state index contributed by atoms with van der Waals surface area (Å²) in [6, 6.07) is 7.61. The number of fused-ring (bicyclic) bond motifs is 1. The van der Waals surface area contributed by atoms with Crippen molar-refractivity contribution in [3.05, 3.63) is 35.4 Å². The molecule has 0 fully saturated rings. The van der Waals surface area contributed by atoms with E-state index in [0.29, 0.717) is 6.54 Å². The van der Waals surface area contributed by atoms with Gasteiger partial charge in [-0.1, -0.05) is 25.1 Å². The number of nitrogens with zero attached hydrogens (tertiary/aromatic N) is 1. The van der Waals surface area contributed by atoms with Gasteiger partial charge in [0.15, 0.2) is 0 Å². The molecule has 0 aromatic heterocycles. The topological polar surface area (TPSA) is 49.4 Å². The number of rotatable bonds is 4. The number of hydrogen-bond acceptors (Lipinski definition) is 2. The highest BCUT2D eigenvalue weighted by Gasteiger charge is 2.26. The van der Waals surface area contributed by atoms with Crippen LogP contribution in [0.4, 0.5) is 0 Å². The fourth-order valence-corrected chi connectivity index (χ4v) is 2.30. The SMILES string of the molecule is CCC(C)(C)NC(=O)CN1CCc2ccccc2C1=O. The Hall–Kier alpha value is -1.84. The molecule has 0 aliphatic carbocycles. The molecule has 0 spiro atoms. The van der Waals surface area contributed by atoms with Crippen molar-refractivity contribution in [3.63, 3.8) is 0 Å². The third kappa shape index (κ3) is 3.18. The van der Waals surface area contributed by atoms with Crippen molar-refractivity contribution in [3.8, 4) is 0 Å². The molecule has 1 heterocycles. The van der Waals surface area contributed by atoms with Gasteiger partial charge in [-0.15, -0.1) is 0 Å². The molecule has 1 aromatic carbocycles. The van der Waals surface area contributed by atoms with Crippen LogP contribution in [-0.2, 0) is 11.2 Å². The summed E-state index contributed by atoms with van der Waals surface area (Å²) in [4.78, 5) is 26.0. The predicted molar refractivity (Wildman–Crippen MR) is 78.6 cm³/mol. The minimum absolute atomic E-state index is 0.0451. The van der Waals surface area contributed by atoms with Gasteiger partial charge in [0.2, 0.25) is 5.91 Å². The Morgan fingerprint density at radius 3 is 2.75 bits per heavy atom. The van der Waals surface area contributed by atoms with Crippen LogP contribution in [0.5, 0.6) is 0 Å². The molecule has 4 nitrogen and oxygen atoms in total. The zero-order valence-corrected chi connectivity index (χ0v) is 12.4. The first kappa shape index (κ1) is 14.6. The van der Waals surface area contributed by atoms with Crippen LogP contribution in [0.25, 0.3) is 0 Å². The molecule has 2 amide bonds. The van der Waals surface area contributed by atoms with E-state index in [1.807, 2.05) is 45.0 Å². The third-order valence-corrected chi connectivity index (χ3v) is 3.88. The van der Waals surface area contributed by atoms with Gasteiger partial charge in [0.25, 0.3) is 5.91 Å². The standard InChI is InChI=1S/C16H22N2O2/c1-4-16(2,3)17-14(19)11-18-10-9-12-7-5-6-8-13(12)15(18)20/h5-8H,4,9-11H2,1-3H3,(H,17,19). The number of carbonyl (C=O) groups excluding carboxylic acids is 2. The van der Waals surface area contributed by atoms with E-state index >= 15 is 0 Å². The molecule has 0 unspecified atom stereocenters. The molecule has 0 radical (unpaired) electrons. The van der Waals surface area contributed by atoms with E-state index in [1.54, 1.807) is 4.90 Å². The first-order valence-electron chi connectivity index (χ1n) is 7.11. The smallest absolute Gasteiger partial charge is 0.254 e. The van der Waals surface area contributed by atoms with E-state index in [2.05, 4.69) is 5.32 Å². The quantitative estimate of drug-likeness (QED) is 0.913. The van der Waals surface area contributed by atoms with Crippen molar-refractivity contribution in [2.24, 2.45) is 0 Å². The van der Waals surface area contributed by atoms with Gasteiger partial charge >= 0.3 is 0 Å². The monoisotopic (exact) mass is 274 g/mol. The van der Waals surface area contributed by atoms with Crippen molar-refractivity contribution in [1.82, 2.24) is 10.2 Å². The van der Waals surface area contributed by atoms with E-state index in [0.717, 1.165) is 24.0 Å². The first-order valence-corrected chi connectivity index (χ1v) is 7.11. The Morgan fingerprint density at radius 2 is 2.05 bits per heavy atom. The molecule has 0 bridgehead atoms. The zero-order valence-electron chi connectivity index (χ0n) is 12.4. The minimum atomic E-state index is -0.228. The summed E-state index contributed by atoms with van der Waals surface area (Å²) in [7, 11) is 0. The Bertz CT molecular complexity index is 523. The summed E-state index contributed by atoms with van der Waals surface area (Å²) >= 11 is 0. The van der Waals surface area contributed by atoms with Gasteiger partial charge in [-0.2, -0.15) is 0 Å². The van der Waals surface area contributed by atoms with Crippen LogP contribution in [0.2, 0.25) is 0 Å². The van der Waals surface area contributed by atoms with Crippen molar-refractivity contribution in [2.75, 3.05) is 13.1 Å². The van der Waals surface area contributed by atoms with Gasteiger partial charge in [0.05, 0.1) is 6.54 Å². The van der Waals surface area contributed by atoms with Gasteiger partial charge in [0, 0.05) is 17.6 Å². The van der Waals surface area contributed by atoms with Crippen LogP contribution in [-0.4, -0.2) is 35.3 Å². The zero-order chi connectivity index (χ0) is 14.8. The molecule has 1 aliphatic rings. The lowest BCUT2D eigenvalue weighted by Gasteiger charge is -2.30. The van der Waals surface area contributed by atoms with Crippen molar-refractivity contribution in [2.45, 2.75) is 39.2 Å². The van der Waals surface area contributed by atoms with E-state index in [-0.39, 0.29) is 23.9 Å². The lowest BCUT2D eigenvalue weighted by molar-refractivity contribution is -0.123. The molecule has 108 valence electrons. The summed E-state index contributed by atoms with van der Waals surface area (Å²) in [6.07, 6.45) is 1.67. The molecule has 0 saturated heterocycles. The Labute approximate surface area is 120 Å². The summed E-state index contributed by atoms with van der Waals surface area (Å²) < 4.78 is 0. The van der Waals surface area contributed by atoms with Crippen LogP contribution in [0.3, 0.4) is 0 Å². The molecule has 2 rings (SSSR count). The molecule has 4 heteroatoms. The Balaban J connectivity index is 2.02. The second-order valence-electron chi connectivity index (χ2n) is 5.92. The highest BCUT2D eigenvalue weighted by molar-refractivity contribution is 5.98. The number of carbonyl (C=O) groups is 2. The highest BCUT2D eigenvalue weighted by atomic mass is 16.2. The van der Waals surface area contributed by atoms with E-state index in [4.69, 9.17) is 0 Å². The first-order chi connectivity index (χ1) is 9.43. The maximum Gasteiger partial charge on any atom is 0.254 e.